The highest BCUT2D eigenvalue weighted by Gasteiger charge is 2.33. The molecule has 28 heavy (non-hydrogen) atoms. The summed E-state index contributed by atoms with van der Waals surface area (Å²) in [6.07, 6.45) is 0. The molecule has 9 heteroatoms. The maximum Gasteiger partial charge on any atom is 0.265 e. The predicted molar refractivity (Wildman–Crippen MR) is 108 cm³/mol. The third-order valence-corrected chi connectivity index (χ3v) is 8.30. The van der Waals surface area contributed by atoms with Gasteiger partial charge in [-0.1, -0.05) is 41.9 Å². The van der Waals surface area contributed by atoms with Gasteiger partial charge in [0, 0.05) is 36.3 Å². The molecule has 1 fully saturated rings. The van der Waals surface area contributed by atoms with Crippen LogP contribution in [0.5, 0.6) is 0 Å². The van der Waals surface area contributed by atoms with E-state index in [4.69, 9.17) is 11.6 Å². The molecule has 1 aromatic heterocycles. The molecular weight excluding hydrogens is 423 g/mol. The molecule has 3 aromatic rings. The summed E-state index contributed by atoms with van der Waals surface area (Å²) >= 11 is 7.71. The molecule has 0 aliphatic carbocycles. The first-order valence-electron chi connectivity index (χ1n) is 8.60. The van der Waals surface area contributed by atoms with Gasteiger partial charge >= 0.3 is 0 Å². The van der Waals surface area contributed by atoms with Gasteiger partial charge in [-0.3, -0.25) is 4.79 Å². The first-order chi connectivity index (χ1) is 13.4. The highest BCUT2D eigenvalue weighted by atomic mass is 35.5. The summed E-state index contributed by atoms with van der Waals surface area (Å²) in [5.41, 5.74) is 0. The van der Waals surface area contributed by atoms with Crippen LogP contribution in [0, 0.1) is 5.82 Å². The largest absolute Gasteiger partial charge is 0.335 e. The Bertz CT molecular complexity index is 1150. The van der Waals surface area contributed by atoms with Crippen molar-refractivity contribution in [2.24, 2.45) is 0 Å². The second-order valence-electron chi connectivity index (χ2n) is 6.37. The molecule has 1 aliphatic heterocycles. The average molecular weight is 439 g/mol. The smallest absolute Gasteiger partial charge is 0.265 e. The van der Waals surface area contributed by atoms with Crippen LogP contribution in [-0.2, 0) is 10.0 Å². The topological polar surface area (TPSA) is 57.7 Å². The fraction of sp³-hybridized carbons (Fsp3) is 0.211. The van der Waals surface area contributed by atoms with E-state index in [1.54, 1.807) is 4.90 Å². The summed E-state index contributed by atoms with van der Waals surface area (Å²) in [6.45, 7) is 0.643. The van der Waals surface area contributed by atoms with Gasteiger partial charge in [0.2, 0.25) is 10.0 Å². The minimum atomic E-state index is -3.94. The van der Waals surface area contributed by atoms with Crippen molar-refractivity contribution in [1.82, 2.24) is 9.21 Å². The van der Waals surface area contributed by atoms with Gasteiger partial charge in [0.15, 0.2) is 0 Å². The number of hydrogen-bond acceptors (Lipinski definition) is 4. The number of carbonyl (C=O) groups is 1. The number of fused-ring (bicyclic) bond motifs is 1. The third kappa shape index (κ3) is 3.30. The number of hydrogen-bond donors (Lipinski definition) is 0. The second-order valence-corrected chi connectivity index (χ2v) is 9.70. The van der Waals surface area contributed by atoms with Crippen LogP contribution >= 0.6 is 22.9 Å². The lowest BCUT2D eigenvalue weighted by molar-refractivity contribution is 0.0703. The van der Waals surface area contributed by atoms with Gasteiger partial charge in [0.05, 0.1) is 5.02 Å². The number of rotatable bonds is 3. The molecule has 0 bridgehead atoms. The molecule has 0 radical (unpaired) electrons. The van der Waals surface area contributed by atoms with E-state index < -0.39 is 15.8 Å². The number of amides is 1. The summed E-state index contributed by atoms with van der Waals surface area (Å²) in [7, 11) is -3.94. The molecular formula is C19H16ClFN2O3S2. The van der Waals surface area contributed by atoms with Crippen molar-refractivity contribution in [2.45, 2.75) is 4.90 Å². The van der Waals surface area contributed by atoms with Crippen LogP contribution in [0.3, 0.4) is 0 Å². The zero-order valence-electron chi connectivity index (χ0n) is 14.6. The molecule has 2 aromatic carbocycles. The monoisotopic (exact) mass is 438 g/mol. The van der Waals surface area contributed by atoms with Gasteiger partial charge < -0.3 is 4.90 Å². The predicted octanol–water partition coefficient (Wildman–Crippen LogP) is 3.84. The highest BCUT2D eigenvalue weighted by Crippen LogP contribution is 2.36. The molecule has 1 amide bonds. The van der Waals surface area contributed by atoms with Crippen LogP contribution in [0.1, 0.15) is 9.67 Å². The molecule has 0 spiro atoms. The Kier molecular flexibility index (Phi) is 5.13. The quantitative estimate of drug-likeness (QED) is 0.624. The molecule has 1 saturated heterocycles. The first-order valence-corrected chi connectivity index (χ1v) is 11.2. The molecule has 146 valence electrons. The normalized spacial score (nSPS) is 15.9. The summed E-state index contributed by atoms with van der Waals surface area (Å²) in [5.74, 6) is -0.993. The number of sulfonamides is 1. The Balaban J connectivity index is 1.51. The van der Waals surface area contributed by atoms with Crippen molar-refractivity contribution < 1.29 is 17.6 Å². The summed E-state index contributed by atoms with van der Waals surface area (Å²) in [6, 6.07) is 12.8. The number of benzene rings is 2. The molecule has 5 nitrogen and oxygen atoms in total. The fourth-order valence-electron chi connectivity index (χ4n) is 3.22. The van der Waals surface area contributed by atoms with Gasteiger partial charge in [-0.2, -0.15) is 4.31 Å². The Morgan fingerprint density at radius 3 is 2.32 bits per heavy atom. The van der Waals surface area contributed by atoms with Gasteiger partial charge in [0.1, 0.15) is 15.6 Å². The average Bonchev–Trinajstić information content (AvgIpc) is 3.04. The minimum absolute atomic E-state index is 0.102. The Labute approximate surface area is 171 Å². The van der Waals surface area contributed by atoms with Gasteiger partial charge in [0.25, 0.3) is 5.91 Å². The van der Waals surface area contributed by atoms with Crippen LogP contribution in [0.25, 0.3) is 10.1 Å². The summed E-state index contributed by atoms with van der Waals surface area (Å²) in [4.78, 5) is 14.6. The Morgan fingerprint density at radius 2 is 1.64 bits per heavy atom. The van der Waals surface area contributed by atoms with Crippen LogP contribution in [0.15, 0.2) is 53.4 Å². The SMILES string of the molecule is O=C(c1sc2ccccc2c1Cl)N1CCN(S(=O)(=O)c2ccccc2F)CC1. The third-order valence-electron chi connectivity index (χ3n) is 4.71. The van der Waals surface area contributed by atoms with Gasteiger partial charge in [-0.15, -0.1) is 11.3 Å². The van der Waals surface area contributed by atoms with Crippen LogP contribution in [0.2, 0.25) is 5.02 Å². The zero-order valence-corrected chi connectivity index (χ0v) is 17.0. The Hall–Kier alpha value is -2.00. The van der Waals surface area contributed by atoms with Gasteiger partial charge in [-0.05, 0) is 18.2 Å². The summed E-state index contributed by atoms with van der Waals surface area (Å²) in [5, 5.41) is 1.25. The van der Waals surface area contributed by atoms with Crippen molar-refractivity contribution in [2.75, 3.05) is 26.2 Å². The van der Waals surface area contributed by atoms with E-state index in [1.807, 2.05) is 24.3 Å². The second kappa shape index (κ2) is 7.44. The number of nitrogens with zero attached hydrogens (tertiary/aromatic N) is 2. The van der Waals surface area contributed by atoms with Crippen LogP contribution < -0.4 is 0 Å². The molecule has 2 heterocycles. The van der Waals surface area contributed by atoms with E-state index in [0.717, 1.165) is 16.2 Å². The van der Waals surface area contributed by atoms with E-state index >= 15 is 0 Å². The van der Waals surface area contributed by atoms with Crippen molar-refractivity contribution in [1.29, 1.82) is 0 Å². The lowest BCUT2D eigenvalue weighted by atomic mass is 10.2. The molecule has 0 saturated carbocycles. The van der Waals surface area contributed by atoms with Crippen LogP contribution in [-0.4, -0.2) is 49.7 Å². The molecule has 0 atom stereocenters. The molecule has 1 aliphatic rings. The maximum absolute atomic E-state index is 13.9. The van der Waals surface area contributed by atoms with E-state index in [0.29, 0.717) is 9.90 Å². The summed E-state index contributed by atoms with van der Waals surface area (Å²) < 4.78 is 41.4. The van der Waals surface area contributed by atoms with E-state index in [-0.39, 0.29) is 37.0 Å². The molecule has 0 unspecified atom stereocenters. The standard InChI is InChI=1S/C19H16ClFN2O3S2/c20-17-13-5-1-3-7-15(13)27-18(17)19(24)22-9-11-23(12-10-22)28(25,26)16-8-4-2-6-14(16)21/h1-8H,9-12H2. The lowest BCUT2D eigenvalue weighted by Gasteiger charge is -2.33. The van der Waals surface area contributed by atoms with E-state index in [2.05, 4.69) is 0 Å². The fourth-order valence-corrected chi connectivity index (χ4v) is 6.19. The van der Waals surface area contributed by atoms with Gasteiger partial charge in [-0.25, -0.2) is 12.8 Å². The van der Waals surface area contributed by atoms with E-state index in [1.165, 1.54) is 33.8 Å². The van der Waals surface area contributed by atoms with Crippen molar-refractivity contribution in [3.05, 3.63) is 64.2 Å². The van der Waals surface area contributed by atoms with Crippen molar-refractivity contribution >= 4 is 49.0 Å². The highest BCUT2D eigenvalue weighted by molar-refractivity contribution is 7.89. The number of halogens is 2. The lowest BCUT2D eigenvalue weighted by Crippen LogP contribution is -2.50. The zero-order chi connectivity index (χ0) is 19.9. The molecule has 4 rings (SSSR count). The van der Waals surface area contributed by atoms with Crippen molar-refractivity contribution in [3.8, 4) is 0 Å². The number of thiophene rings is 1. The first kappa shape index (κ1) is 19.3. The van der Waals surface area contributed by atoms with Crippen molar-refractivity contribution in [3.63, 3.8) is 0 Å². The Morgan fingerprint density at radius 1 is 1.00 bits per heavy atom. The van der Waals surface area contributed by atoms with E-state index in [9.17, 15) is 17.6 Å². The molecule has 0 N–H and O–H groups in total. The minimum Gasteiger partial charge on any atom is -0.335 e. The number of piperazine rings is 1. The maximum atomic E-state index is 13.9. The number of carbonyl (C=O) groups excluding carboxylic acids is 1. The van der Waals surface area contributed by atoms with Crippen LogP contribution in [0.4, 0.5) is 4.39 Å².